The monoisotopic (exact) mass is 565 g/mol. The predicted molar refractivity (Wildman–Crippen MR) is 136 cm³/mol. The maximum atomic E-state index is 12.1. The molecule has 0 aliphatic carbocycles. The molecule has 0 atom stereocenters. The van der Waals surface area contributed by atoms with Crippen molar-refractivity contribution < 1.29 is 47.1 Å². The Morgan fingerprint density at radius 1 is 0.703 bits per heavy atom. The third-order valence-electron chi connectivity index (χ3n) is 4.68. The average molecular weight is 566 g/mol. The summed E-state index contributed by atoms with van der Waals surface area (Å²) in [7, 11) is 0. The van der Waals surface area contributed by atoms with Gasteiger partial charge in [0.1, 0.15) is 0 Å². The Morgan fingerprint density at radius 2 is 1.03 bits per heavy atom. The molecule has 37 heavy (non-hydrogen) atoms. The number of carboxylic acid groups (broad SMARTS) is 2. The van der Waals surface area contributed by atoms with Crippen molar-refractivity contribution in [1.29, 1.82) is 0 Å². The van der Waals surface area contributed by atoms with Gasteiger partial charge in [0.25, 0.3) is 0 Å². The van der Waals surface area contributed by atoms with Crippen LogP contribution in [0.3, 0.4) is 0 Å². The fraction of sp³-hybridized carbons (Fsp3) is 0. The number of aliphatic carboxylic acids is 2. The summed E-state index contributed by atoms with van der Waals surface area (Å²) < 4.78 is 0. The Hall–Kier alpha value is -4.51. The van der Waals surface area contributed by atoms with E-state index in [0.29, 0.717) is 11.1 Å². The molecule has 10 nitrogen and oxygen atoms in total. The number of benzene rings is 4. The minimum absolute atomic E-state index is 0. The van der Waals surface area contributed by atoms with Crippen molar-refractivity contribution in [3.05, 3.63) is 83.9 Å². The summed E-state index contributed by atoms with van der Waals surface area (Å²) in [6.07, 6.45) is 2.82. The van der Waals surface area contributed by atoms with Gasteiger partial charge in [-0.1, -0.05) is 72.2 Å². The molecule has 4 aromatic rings. The minimum Gasteiger partial charge on any atom is -0.872 e. The van der Waals surface area contributed by atoms with Crippen molar-refractivity contribution in [3.63, 3.8) is 0 Å². The van der Waals surface area contributed by atoms with E-state index in [1.807, 2.05) is 48.5 Å². The van der Waals surface area contributed by atoms with Crippen LogP contribution in [0.25, 0.3) is 21.5 Å². The topological polar surface area (TPSA) is 170 Å². The minimum atomic E-state index is -1.82. The van der Waals surface area contributed by atoms with Crippen LogP contribution in [0.5, 0.6) is 11.5 Å². The number of fused-ring (bicyclic) bond motifs is 2. The molecule has 4 N–H and O–H groups in total. The number of nitrogens with zero attached hydrogens (tertiary/aromatic N) is 2. The van der Waals surface area contributed by atoms with Gasteiger partial charge >= 0.3 is 29.0 Å². The fourth-order valence-corrected chi connectivity index (χ4v) is 3.13. The van der Waals surface area contributed by atoms with E-state index in [2.05, 4.69) is 21.1 Å². The molecule has 0 amide bonds. The Labute approximate surface area is 226 Å². The number of hydrogen-bond acceptors (Lipinski definition) is 7. The van der Waals surface area contributed by atoms with Crippen LogP contribution in [0.15, 0.2) is 83.0 Å². The molecule has 0 saturated heterocycles. The second-order valence-corrected chi connectivity index (χ2v) is 7.56. The number of carboxylic acids is 2. The Bertz CT molecular complexity index is 1400. The van der Waals surface area contributed by atoms with Gasteiger partial charge in [0.15, 0.2) is 0 Å². The van der Waals surface area contributed by atoms with Gasteiger partial charge in [-0.3, -0.25) is 10.9 Å². The first kappa shape index (κ1) is 28.7. The van der Waals surface area contributed by atoms with Crippen LogP contribution in [-0.4, -0.2) is 39.7 Å². The van der Waals surface area contributed by atoms with Gasteiger partial charge in [0.2, 0.25) is 5.11 Å². The number of nitrogens with one attached hydrogen (secondary N) is 2. The first-order valence-corrected chi connectivity index (χ1v) is 10.6. The van der Waals surface area contributed by atoms with Gasteiger partial charge in [-0.25, -0.2) is 9.59 Å². The van der Waals surface area contributed by atoms with Crippen molar-refractivity contribution in [2.75, 3.05) is 0 Å². The molecule has 4 rings (SSSR count). The second kappa shape index (κ2) is 13.5. The van der Waals surface area contributed by atoms with Crippen molar-refractivity contribution >= 4 is 63.2 Å². The van der Waals surface area contributed by atoms with Gasteiger partial charge in [0.05, 0.1) is 12.4 Å². The third-order valence-corrected chi connectivity index (χ3v) is 4.86. The summed E-state index contributed by atoms with van der Waals surface area (Å²) in [6.45, 7) is 0. The Kier molecular flexibility index (Phi) is 10.5. The first-order valence-electron chi connectivity index (χ1n) is 10.2. The number of hydrazone groups is 2. The molecule has 191 valence electrons. The van der Waals surface area contributed by atoms with Crippen LogP contribution in [0.1, 0.15) is 11.1 Å². The van der Waals surface area contributed by atoms with Gasteiger partial charge in [-0.2, -0.15) is 10.2 Å². The maximum absolute atomic E-state index is 12.1. The quantitative estimate of drug-likeness (QED) is 0.0951. The maximum Gasteiger partial charge on any atom is 2.00 e. The molecule has 0 fully saturated rings. The largest absolute Gasteiger partial charge is 2.00 e. The van der Waals surface area contributed by atoms with Crippen LogP contribution in [0.4, 0.5) is 0 Å². The predicted octanol–water partition coefficient (Wildman–Crippen LogP) is 2.13. The van der Waals surface area contributed by atoms with E-state index in [4.69, 9.17) is 32.0 Å². The third kappa shape index (κ3) is 8.29. The van der Waals surface area contributed by atoms with E-state index >= 15 is 0 Å². The summed E-state index contributed by atoms with van der Waals surface area (Å²) >= 11 is 5.10. The van der Waals surface area contributed by atoms with Gasteiger partial charge in [-0.15, -0.1) is 0 Å². The van der Waals surface area contributed by atoms with Crippen LogP contribution in [0.2, 0.25) is 0 Å². The summed E-state index contributed by atoms with van der Waals surface area (Å²) in [6, 6.07) is 21.9. The van der Waals surface area contributed by atoms with Gasteiger partial charge < -0.3 is 20.4 Å². The molecule has 1 radical (unpaired) electrons. The zero-order valence-corrected chi connectivity index (χ0v) is 20.5. The second-order valence-electron chi connectivity index (χ2n) is 7.15. The summed E-state index contributed by atoms with van der Waals surface area (Å²) in [5.74, 6) is -3.91. The van der Waals surface area contributed by atoms with E-state index < -0.39 is 11.9 Å². The molecule has 12 heteroatoms. The summed E-state index contributed by atoms with van der Waals surface area (Å²) in [5, 5.41) is 50.8. The van der Waals surface area contributed by atoms with Crippen LogP contribution in [0, 0.1) is 0 Å². The summed E-state index contributed by atoms with van der Waals surface area (Å²) in [4.78, 5) is 18.2. The molecule has 0 aromatic heterocycles. The van der Waals surface area contributed by atoms with Crippen LogP contribution >= 0.6 is 12.2 Å². The van der Waals surface area contributed by atoms with Crippen molar-refractivity contribution in [2.24, 2.45) is 10.2 Å². The van der Waals surface area contributed by atoms with Gasteiger partial charge in [0, 0.05) is 0 Å². The molecule has 0 heterocycles. The van der Waals surface area contributed by atoms with Gasteiger partial charge in [-0.05, 0) is 57.0 Å². The zero-order valence-electron chi connectivity index (χ0n) is 18.7. The standard InChI is InChI=1S/C23H18N4O2S.C2H2O4.Cu/c28-21-11-17-7-3-1-5-15(17)9-19(21)13-24-26-23(30)27-25-14-20-10-16-6-2-4-8-18(16)12-22(20)29;3-1(4)2(5)6;/h1-14,28-29H,(H2,26,27,30);(H,3,4)(H,5,6);/q;;+2/p-2/b24-13+,25-14+;;. The number of carbonyl (C=O) groups is 2. The smallest absolute Gasteiger partial charge is 0.872 e. The first-order chi connectivity index (χ1) is 17.2. The van der Waals surface area contributed by atoms with E-state index in [0.717, 1.165) is 21.5 Å². The molecular formula is C25H18CuN4O6S. The Balaban J connectivity index is 0.000000618. The SMILES string of the molecule is O=C(O)C(=O)O.[Cu+2].[O-]c1cc2ccccc2cc1/C=N/NC(=S)N/N=C/c1cc2ccccc2cc1[O-]. The van der Waals surface area contributed by atoms with Crippen LogP contribution < -0.4 is 21.1 Å². The molecule has 0 spiro atoms. The van der Waals surface area contributed by atoms with E-state index in [1.54, 1.807) is 24.3 Å². The number of rotatable bonds is 4. The molecule has 0 aliphatic rings. The Morgan fingerprint density at radius 3 is 1.35 bits per heavy atom. The van der Waals surface area contributed by atoms with Crippen LogP contribution in [-0.2, 0) is 26.7 Å². The zero-order chi connectivity index (χ0) is 26.1. The van der Waals surface area contributed by atoms with E-state index in [-0.39, 0.29) is 33.7 Å². The normalized spacial score (nSPS) is 10.5. The van der Waals surface area contributed by atoms with E-state index in [1.165, 1.54) is 12.4 Å². The molecule has 0 saturated carbocycles. The fourth-order valence-electron chi connectivity index (χ4n) is 3.02. The van der Waals surface area contributed by atoms with Crippen molar-refractivity contribution in [1.82, 2.24) is 10.9 Å². The molecule has 0 unspecified atom stereocenters. The molecular weight excluding hydrogens is 548 g/mol. The number of hydrogen-bond donors (Lipinski definition) is 4. The van der Waals surface area contributed by atoms with Crippen molar-refractivity contribution in [3.8, 4) is 11.5 Å². The number of thiocarbonyl (C=S) groups is 1. The van der Waals surface area contributed by atoms with Crippen molar-refractivity contribution in [2.45, 2.75) is 0 Å². The molecule has 0 aliphatic heterocycles. The molecule has 0 bridgehead atoms. The molecule has 4 aromatic carbocycles. The average Bonchev–Trinajstić information content (AvgIpc) is 2.85. The van der Waals surface area contributed by atoms with E-state index in [9.17, 15) is 10.2 Å². The summed E-state index contributed by atoms with van der Waals surface area (Å²) in [5.41, 5.74) is 6.08.